The molecule has 0 saturated carbocycles. The van der Waals surface area contributed by atoms with Crippen LogP contribution in [0.2, 0.25) is 0 Å². The minimum Gasteiger partial charge on any atom is -0.493 e. The third-order valence-corrected chi connectivity index (χ3v) is 2.84. The van der Waals surface area contributed by atoms with Crippen molar-refractivity contribution in [1.29, 1.82) is 5.26 Å². The zero-order valence-electron chi connectivity index (χ0n) is 11.8. The maximum atomic E-state index is 10.8. The van der Waals surface area contributed by atoms with E-state index in [0.717, 1.165) is 0 Å². The van der Waals surface area contributed by atoms with Gasteiger partial charge in [-0.3, -0.25) is 0 Å². The van der Waals surface area contributed by atoms with E-state index in [9.17, 15) is 4.79 Å². The number of carboxylic acids is 1. The maximum absolute atomic E-state index is 10.8. The number of ether oxygens (including phenoxy) is 2. The molecule has 5 heteroatoms. The maximum Gasteiger partial charge on any atom is 0.346 e. The molecule has 0 aromatic heterocycles. The number of carbonyl (C=O) groups is 1. The van der Waals surface area contributed by atoms with Gasteiger partial charge < -0.3 is 14.6 Å². The first-order valence-electron chi connectivity index (χ1n) is 6.40. The zero-order chi connectivity index (χ0) is 15.9. The topological polar surface area (TPSA) is 79.5 Å². The molecule has 0 amide bonds. The summed E-state index contributed by atoms with van der Waals surface area (Å²) >= 11 is 0. The van der Waals surface area contributed by atoms with Gasteiger partial charge in [0.15, 0.2) is 11.5 Å². The van der Waals surface area contributed by atoms with Gasteiger partial charge in [0.05, 0.1) is 7.11 Å². The Morgan fingerprint density at radius 1 is 1.14 bits per heavy atom. The minimum atomic E-state index is -1.25. The van der Waals surface area contributed by atoms with Crippen LogP contribution in [0, 0.1) is 11.3 Å². The number of rotatable bonds is 5. The molecule has 2 aromatic rings. The predicted octanol–water partition coefficient (Wildman–Crippen LogP) is 3.48. The second-order valence-corrected chi connectivity index (χ2v) is 4.30. The average molecular weight is 295 g/mol. The number of hydrogen-bond donors (Lipinski definition) is 1. The molecule has 110 valence electrons. The normalized spacial score (nSPS) is 10.6. The van der Waals surface area contributed by atoms with Gasteiger partial charge in [-0.1, -0.05) is 24.3 Å². The molecule has 2 aromatic carbocycles. The molecular formula is C17H13NO4. The smallest absolute Gasteiger partial charge is 0.346 e. The van der Waals surface area contributed by atoms with Crippen LogP contribution in [0.4, 0.5) is 0 Å². The zero-order valence-corrected chi connectivity index (χ0v) is 11.8. The van der Waals surface area contributed by atoms with E-state index in [2.05, 4.69) is 0 Å². The lowest BCUT2D eigenvalue weighted by Crippen LogP contribution is -1.97. The first kappa shape index (κ1) is 15.1. The number of nitriles is 1. The van der Waals surface area contributed by atoms with Gasteiger partial charge in [-0.25, -0.2) is 4.79 Å². The summed E-state index contributed by atoms with van der Waals surface area (Å²) in [5.74, 6) is 0.521. The van der Waals surface area contributed by atoms with Crippen molar-refractivity contribution in [2.75, 3.05) is 7.11 Å². The summed E-state index contributed by atoms with van der Waals surface area (Å²) in [4.78, 5) is 10.8. The second kappa shape index (κ2) is 6.95. The lowest BCUT2D eigenvalue weighted by molar-refractivity contribution is -0.132. The highest BCUT2D eigenvalue weighted by atomic mass is 16.5. The van der Waals surface area contributed by atoms with E-state index in [-0.39, 0.29) is 5.57 Å². The first-order valence-corrected chi connectivity index (χ1v) is 6.40. The fourth-order valence-corrected chi connectivity index (χ4v) is 1.77. The van der Waals surface area contributed by atoms with Crippen LogP contribution in [0.5, 0.6) is 17.2 Å². The summed E-state index contributed by atoms with van der Waals surface area (Å²) in [6, 6.07) is 15.6. The van der Waals surface area contributed by atoms with E-state index in [0.29, 0.717) is 22.8 Å². The summed E-state index contributed by atoms with van der Waals surface area (Å²) in [5, 5.41) is 17.5. The Balaban J connectivity index is 2.19. The quantitative estimate of drug-likeness (QED) is 0.674. The summed E-state index contributed by atoms with van der Waals surface area (Å²) in [5.41, 5.74) is 0.282. The van der Waals surface area contributed by atoms with Gasteiger partial charge in [0, 0.05) is 0 Å². The van der Waals surface area contributed by atoms with Gasteiger partial charge in [0.25, 0.3) is 0 Å². The first-order chi connectivity index (χ1) is 10.6. The Morgan fingerprint density at radius 2 is 1.77 bits per heavy atom. The lowest BCUT2D eigenvalue weighted by Gasteiger charge is -2.09. The Hall–Kier alpha value is -3.26. The molecule has 0 aliphatic rings. The van der Waals surface area contributed by atoms with Gasteiger partial charge in [-0.2, -0.15) is 5.26 Å². The van der Waals surface area contributed by atoms with Crippen LogP contribution >= 0.6 is 0 Å². The van der Waals surface area contributed by atoms with Crippen molar-refractivity contribution >= 4 is 12.0 Å². The molecule has 5 nitrogen and oxygen atoms in total. The Bertz CT molecular complexity index is 742. The molecule has 0 saturated heterocycles. The van der Waals surface area contributed by atoms with Crippen molar-refractivity contribution in [2.45, 2.75) is 0 Å². The minimum absolute atomic E-state index is 0.321. The number of benzene rings is 2. The monoisotopic (exact) mass is 295 g/mol. The average Bonchev–Trinajstić information content (AvgIpc) is 2.54. The Morgan fingerprint density at radius 3 is 2.32 bits per heavy atom. The molecular weight excluding hydrogens is 282 g/mol. The summed E-state index contributed by atoms with van der Waals surface area (Å²) < 4.78 is 10.9. The van der Waals surface area contributed by atoms with E-state index in [1.807, 2.05) is 12.1 Å². The number of methoxy groups -OCH3 is 1. The van der Waals surface area contributed by atoms with Crippen molar-refractivity contribution in [1.82, 2.24) is 0 Å². The van der Waals surface area contributed by atoms with Crippen LogP contribution in [-0.4, -0.2) is 18.2 Å². The number of carboxylic acid groups (broad SMARTS) is 1. The molecule has 0 aliphatic carbocycles. The molecule has 0 heterocycles. The molecule has 0 fully saturated rings. The largest absolute Gasteiger partial charge is 0.493 e. The highest BCUT2D eigenvalue weighted by Crippen LogP contribution is 2.31. The molecule has 2 rings (SSSR count). The molecule has 0 bridgehead atoms. The van der Waals surface area contributed by atoms with Crippen LogP contribution in [-0.2, 0) is 4.79 Å². The molecule has 22 heavy (non-hydrogen) atoms. The number of hydrogen-bond acceptors (Lipinski definition) is 4. The number of nitrogens with zero attached hydrogens (tertiary/aromatic N) is 1. The highest BCUT2D eigenvalue weighted by Gasteiger charge is 2.07. The molecule has 0 spiro atoms. The fraction of sp³-hybridized carbons (Fsp3) is 0.0588. The Labute approximate surface area is 127 Å². The summed E-state index contributed by atoms with van der Waals surface area (Å²) in [7, 11) is 1.56. The van der Waals surface area contributed by atoms with E-state index < -0.39 is 5.97 Å². The molecule has 1 N–H and O–H groups in total. The molecule has 0 aliphatic heterocycles. The van der Waals surface area contributed by atoms with Crippen LogP contribution in [0.1, 0.15) is 5.56 Å². The van der Waals surface area contributed by atoms with E-state index in [1.54, 1.807) is 49.6 Å². The van der Waals surface area contributed by atoms with Gasteiger partial charge in [-0.05, 0) is 35.9 Å². The van der Waals surface area contributed by atoms with Crippen LogP contribution < -0.4 is 9.47 Å². The third-order valence-electron chi connectivity index (χ3n) is 2.84. The van der Waals surface area contributed by atoms with Gasteiger partial charge in [0.1, 0.15) is 17.4 Å². The van der Waals surface area contributed by atoms with E-state index in [1.165, 1.54) is 6.08 Å². The van der Waals surface area contributed by atoms with E-state index in [4.69, 9.17) is 19.8 Å². The standard InChI is InChI=1S/C17H13NO4/c1-21-15-4-2-3-5-16(15)22-14-8-6-12(7-9-14)10-13(11-18)17(19)20/h2-10H,1H3,(H,19,20). The SMILES string of the molecule is COc1ccccc1Oc1ccc(C=C(C#N)C(=O)O)cc1. The predicted molar refractivity (Wildman–Crippen MR) is 80.7 cm³/mol. The lowest BCUT2D eigenvalue weighted by atomic mass is 10.1. The van der Waals surface area contributed by atoms with Gasteiger partial charge >= 0.3 is 5.97 Å². The molecule has 0 atom stereocenters. The summed E-state index contributed by atoms with van der Waals surface area (Å²) in [6.45, 7) is 0. The van der Waals surface area contributed by atoms with Crippen LogP contribution in [0.15, 0.2) is 54.1 Å². The van der Waals surface area contributed by atoms with Crippen LogP contribution in [0.3, 0.4) is 0 Å². The van der Waals surface area contributed by atoms with Crippen molar-refractivity contribution in [2.24, 2.45) is 0 Å². The third kappa shape index (κ3) is 3.64. The van der Waals surface area contributed by atoms with Crippen molar-refractivity contribution < 1.29 is 19.4 Å². The van der Waals surface area contributed by atoms with E-state index >= 15 is 0 Å². The highest BCUT2D eigenvalue weighted by molar-refractivity contribution is 5.96. The number of aliphatic carboxylic acids is 1. The fourth-order valence-electron chi connectivity index (χ4n) is 1.77. The van der Waals surface area contributed by atoms with Gasteiger partial charge in [0.2, 0.25) is 0 Å². The summed E-state index contributed by atoms with van der Waals surface area (Å²) in [6.07, 6.45) is 1.30. The second-order valence-electron chi connectivity index (χ2n) is 4.30. The van der Waals surface area contributed by atoms with Crippen LogP contribution in [0.25, 0.3) is 6.08 Å². The van der Waals surface area contributed by atoms with Crippen molar-refractivity contribution in [3.05, 3.63) is 59.7 Å². The van der Waals surface area contributed by atoms with Crippen molar-refractivity contribution in [3.8, 4) is 23.3 Å². The molecule has 0 unspecified atom stereocenters. The number of para-hydroxylation sites is 2. The van der Waals surface area contributed by atoms with Crippen molar-refractivity contribution in [3.63, 3.8) is 0 Å². The molecule has 0 radical (unpaired) electrons. The van der Waals surface area contributed by atoms with Gasteiger partial charge in [-0.15, -0.1) is 0 Å². The Kier molecular flexibility index (Phi) is 4.78.